The summed E-state index contributed by atoms with van der Waals surface area (Å²) in [5.41, 5.74) is 0.415. The van der Waals surface area contributed by atoms with E-state index in [0.717, 1.165) is 39.0 Å². The minimum Gasteiger partial charge on any atom is -0.347 e. The number of alkyl halides is 2. The first kappa shape index (κ1) is 22.0. The van der Waals surface area contributed by atoms with Crippen LogP contribution in [0.4, 0.5) is 8.78 Å². The van der Waals surface area contributed by atoms with Gasteiger partial charge in [0.15, 0.2) is 0 Å². The summed E-state index contributed by atoms with van der Waals surface area (Å²) in [5, 5.41) is 2.30. The molecule has 2 amide bonds. The Kier molecular flexibility index (Phi) is 7.19. The molecule has 0 bridgehead atoms. The summed E-state index contributed by atoms with van der Waals surface area (Å²) in [4.78, 5) is 29.1. The van der Waals surface area contributed by atoms with Gasteiger partial charge < -0.3 is 15.1 Å². The number of carbonyl (C=O) groups excluding carboxylic acids is 2. The molecule has 0 aromatic heterocycles. The first-order valence-electron chi connectivity index (χ1n) is 10.0. The van der Waals surface area contributed by atoms with Crippen LogP contribution in [0, 0.1) is 5.41 Å². The first-order chi connectivity index (χ1) is 12.7. The molecular formula is C19H34F2N4O2. The molecule has 3 aliphatic heterocycles. The van der Waals surface area contributed by atoms with Crippen molar-refractivity contribution in [1.29, 1.82) is 0 Å². The fraction of sp³-hybridized carbons (Fsp3) is 0.895. The molecule has 0 saturated carbocycles. The Hall–Kier alpha value is -1.28. The Bertz CT molecular complexity index is 528. The highest BCUT2D eigenvalue weighted by Gasteiger charge is 2.47. The van der Waals surface area contributed by atoms with E-state index < -0.39 is 24.4 Å². The summed E-state index contributed by atoms with van der Waals surface area (Å²) >= 11 is 0. The van der Waals surface area contributed by atoms with Crippen molar-refractivity contribution in [2.45, 2.75) is 52.0 Å². The van der Waals surface area contributed by atoms with Crippen LogP contribution in [-0.4, -0.2) is 91.3 Å². The fourth-order valence-corrected chi connectivity index (χ4v) is 4.47. The summed E-state index contributed by atoms with van der Waals surface area (Å²) in [6.45, 7) is 9.07. The first-order valence-corrected chi connectivity index (χ1v) is 10.0. The van der Waals surface area contributed by atoms with Crippen LogP contribution in [0.5, 0.6) is 0 Å². The molecule has 0 aromatic rings. The number of nitrogens with one attached hydrogen (secondary N) is 1. The van der Waals surface area contributed by atoms with E-state index in [1.54, 1.807) is 0 Å². The summed E-state index contributed by atoms with van der Waals surface area (Å²) in [5.74, 6) is -3.78. The van der Waals surface area contributed by atoms with Crippen LogP contribution in [0.1, 0.15) is 40.0 Å². The van der Waals surface area contributed by atoms with E-state index in [4.69, 9.17) is 0 Å². The predicted octanol–water partition coefficient (Wildman–Crippen LogP) is 1.41. The molecule has 3 saturated heterocycles. The van der Waals surface area contributed by atoms with Gasteiger partial charge in [-0.05, 0) is 44.8 Å². The lowest BCUT2D eigenvalue weighted by Crippen LogP contribution is -2.61. The monoisotopic (exact) mass is 388 g/mol. The largest absolute Gasteiger partial charge is 0.347 e. The van der Waals surface area contributed by atoms with Gasteiger partial charge in [-0.25, -0.2) is 8.78 Å². The van der Waals surface area contributed by atoms with Crippen LogP contribution >= 0.6 is 0 Å². The zero-order valence-electron chi connectivity index (χ0n) is 17.1. The second-order valence-corrected chi connectivity index (χ2v) is 8.07. The molecule has 0 radical (unpaired) electrons. The maximum absolute atomic E-state index is 14.2. The van der Waals surface area contributed by atoms with Gasteiger partial charge in [0.25, 0.3) is 5.92 Å². The Labute approximate surface area is 161 Å². The summed E-state index contributed by atoms with van der Waals surface area (Å²) in [7, 11) is 2.12. The standard InChI is InChI=1S/C17H28F2N4O2.C2H6/c1-13(24)20-14-3-6-23(12-17(14,18)19)15(25)9-22-7-4-16(5-8-22)10-21(2)11-16;1-2/h14H,3-12H2,1-2H3,(H,20,24);1-2H3. The van der Waals surface area contributed by atoms with Crippen LogP contribution in [-0.2, 0) is 9.59 Å². The van der Waals surface area contributed by atoms with Gasteiger partial charge in [-0.15, -0.1) is 0 Å². The molecule has 0 aromatic carbocycles. The summed E-state index contributed by atoms with van der Waals surface area (Å²) in [6.07, 6.45) is 2.24. The molecule has 0 aliphatic carbocycles. The summed E-state index contributed by atoms with van der Waals surface area (Å²) < 4.78 is 28.4. The highest BCUT2D eigenvalue weighted by atomic mass is 19.3. The average molecular weight is 389 g/mol. The molecule has 1 unspecified atom stereocenters. The van der Waals surface area contributed by atoms with E-state index in [1.165, 1.54) is 11.8 Å². The third kappa shape index (κ3) is 5.38. The Morgan fingerprint density at radius 3 is 2.15 bits per heavy atom. The number of likely N-dealkylation sites (tertiary alicyclic amines) is 3. The van der Waals surface area contributed by atoms with Crippen LogP contribution in [0.25, 0.3) is 0 Å². The van der Waals surface area contributed by atoms with Crippen molar-refractivity contribution in [3.05, 3.63) is 0 Å². The lowest BCUT2D eigenvalue weighted by atomic mass is 9.72. The molecule has 156 valence electrons. The quantitative estimate of drug-likeness (QED) is 0.794. The third-order valence-electron chi connectivity index (χ3n) is 5.82. The van der Waals surface area contributed by atoms with E-state index in [-0.39, 0.29) is 25.4 Å². The zero-order chi connectivity index (χ0) is 20.2. The molecule has 1 N–H and O–H groups in total. The number of piperidine rings is 2. The van der Waals surface area contributed by atoms with Crippen LogP contribution in [0.3, 0.4) is 0 Å². The smallest absolute Gasteiger partial charge is 0.285 e. The molecule has 6 nitrogen and oxygen atoms in total. The van der Waals surface area contributed by atoms with Gasteiger partial charge in [0.2, 0.25) is 11.8 Å². The molecule has 3 fully saturated rings. The number of nitrogens with zero attached hydrogens (tertiary/aromatic N) is 3. The third-order valence-corrected chi connectivity index (χ3v) is 5.82. The second-order valence-electron chi connectivity index (χ2n) is 8.07. The number of rotatable bonds is 3. The van der Waals surface area contributed by atoms with Crippen molar-refractivity contribution in [3.63, 3.8) is 0 Å². The number of halogens is 2. The minimum atomic E-state index is -3.08. The van der Waals surface area contributed by atoms with E-state index in [1.807, 2.05) is 13.8 Å². The highest BCUT2D eigenvalue weighted by Crippen LogP contribution is 2.39. The van der Waals surface area contributed by atoms with E-state index >= 15 is 0 Å². The molecule has 1 spiro atoms. The average Bonchev–Trinajstić information content (AvgIpc) is 2.58. The Morgan fingerprint density at radius 1 is 1.07 bits per heavy atom. The van der Waals surface area contributed by atoms with E-state index in [0.29, 0.717) is 5.41 Å². The number of amides is 2. The van der Waals surface area contributed by atoms with Crippen LogP contribution in [0.2, 0.25) is 0 Å². The van der Waals surface area contributed by atoms with E-state index in [9.17, 15) is 18.4 Å². The molecular weight excluding hydrogens is 354 g/mol. The molecule has 27 heavy (non-hydrogen) atoms. The van der Waals surface area contributed by atoms with Gasteiger partial charge in [0.05, 0.1) is 19.1 Å². The van der Waals surface area contributed by atoms with Gasteiger partial charge in [0.1, 0.15) is 0 Å². The van der Waals surface area contributed by atoms with Gasteiger partial charge in [-0.1, -0.05) is 13.8 Å². The van der Waals surface area contributed by atoms with Gasteiger partial charge >= 0.3 is 0 Å². The van der Waals surface area contributed by atoms with E-state index in [2.05, 4.69) is 22.2 Å². The zero-order valence-corrected chi connectivity index (χ0v) is 17.1. The SMILES string of the molecule is CC.CC(=O)NC1CCN(C(=O)CN2CCC3(CC2)CN(C)C3)CC1(F)F. The van der Waals surface area contributed by atoms with Gasteiger partial charge in [0, 0.05) is 26.6 Å². The molecule has 3 heterocycles. The lowest BCUT2D eigenvalue weighted by Gasteiger charge is -2.53. The predicted molar refractivity (Wildman–Crippen MR) is 101 cm³/mol. The van der Waals surface area contributed by atoms with Crippen molar-refractivity contribution in [2.24, 2.45) is 5.41 Å². The summed E-state index contributed by atoms with van der Waals surface area (Å²) in [6, 6.07) is -1.18. The Balaban J connectivity index is 0.00000126. The van der Waals surface area contributed by atoms with Crippen molar-refractivity contribution in [1.82, 2.24) is 20.0 Å². The topological polar surface area (TPSA) is 55.9 Å². The van der Waals surface area contributed by atoms with Crippen molar-refractivity contribution in [2.75, 3.05) is 52.9 Å². The normalized spacial score (nSPS) is 27.3. The lowest BCUT2D eigenvalue weighted by molar-refractivity contribution is -0.149. The minimum absolute atomic E-state index is 0.0910. The van der Waals surface area contributed by atoms with Crippen molar-refractivity contribution >= 4 is 11.8 Å². The molecule has 8 heteroatoms. The van der Waals surface area contributed by atoms with Crippen molar-refractivity contribution in [3.8, 4) is 0 Å². The Morgan fingerprint density at radius 2 is 1.67 bits per heavy atom. The van der Waals surface area contributed by atoms with Gasteiger partial charge in [-0.2, -0.15) is 0 Å². The number of hydrogen-bond donors (Lipinski definition) is 1. The van der Waals surface area contributed by atoms with Crippen LogP contribution in [0.15, 0.2) is 0 Å². The molecule has 3 aliphatic rings. The van der Waals surface area contributed by atoms with Crippen molar-refractivity contribution < 1.29 is 18.4 Å². The number of carbonyl (C=O) groups is 2. The second kappa shape index (κ2) is 8.82. The maximum atomic E-state index is 14.2. The molecule has 1 atom stereocenters. The number of hydrogen-bond acceptors (Lipinski definition) is 4. The molecule has 3 rings (SSSR count). The van der Waals surface area contributed by atoms with Crippen LogP contribution < -0.4 is 5.32 Å². The highest BCUT2D eigenvalue weighted by molar-refractivity contribution is 5.78. The fourth-order valence-electron chi connectivity index (χ4n) is 4.47. The van der Waals surface area contributed by atoms with Gasteiger partial charge in [-0.3, -0.25) is 14.5 Å². The maximum Gasteiger partial charge on any atom is 0.285 e.